The predicted octanol–water partition coefficient (Wildman–Crippen LogP) is 14.0. The summed E-state index contributed by atoms with van der Waals surface area (Å²) in [6, 6.07) is 0. The molecule has 0 radical (unpaired) electrons. The van der Waals surface area contributed by atoms with Crippen LogP contribution in [0, 0.1) is 24.7 Å². The zero-order valence-corrected chi connectivity index (χ0v) is 37.8. The van der Waals surface area contributed by atoms with Crippen LogP contribution in [0.25, 0.3) is 0 Å². The van der Waals surface area contributed by atoms with Crippen LogP contribution in [-0.2, 0) is 16.1 Å². The number of ether oxygens (including phenoxy) is 1. The van der Waals surface area contributed by atoms with E-state index in [2.05, 4.69) is 62.2 Å². The van der Waals surface area contributed by atoms with Gasteiger partial charge in [0.15, 0.2) is 0 Å². The van der Waals surface area contributed by atoms with Gasteiger partial charge in [0.05, 0.1) is 12.7 Å². The second kappa shape index (κ2) is 36.9. The van der Waals surface area contributed by atoms with Gasteiger partial charge in [-0.2, -0.15) is 0 Å². The van der Waals surface area contributed by atoms with E-state index in [1.54, 1.807) is 0 Å². The van der Waals surface area contributed by atoms with Crippen molar-refractivity contribution in [1.82, 2.24) is 14.5 Å². The number of imidazole rings is 1. The van der Waals surface area contributed by atoms with Crippen molar-refractivity contribution in [2.24, 2.45) is 17.8 Å². The number of nitrogens with zero attached hydrogens (tertiary/aromatic N) is 3. The monoisotopic (exact) mass is 774 g/mol. The maximum Gasteiger partial charge on any atom is 0.306 e. The topological polar surface area (TPSA) is 67.6 Å². The van der Waals surface area contributed by atoms with Crippen molar-refractivity contribution >= 4 is 5.97 Å². The minimum atomic E-state index is -0.284. The van der Waals surface area contributed by atoms with Gasteiger partial charge >= 0.3 is 5.97 Å². The van der Waals surface area contributed by atoms with E-state index in [0.29, 0.717) is 24.9 Å². The van der Waals surface area contributed by atoms with Gasteiger partial charge in [-0.1, -0.05) is 189 Å². The van der Waals surface area contributed by atoms with Crippen LogP contribution in [-0.4, -0.2) is 57.9 Å². The minimum absolute atomic E-state index is 0.0248. The molecule has 0 aliphatic carbocycles. The van der Waals surface area contributed by atoms with Crippen molar-refractivity contribution in [3.8, 4) is 0 Å². The Labute approximate surface area is 343 Å². The molecule has 0 aliphatic heterocycles. The molecular formula is C49H95N3O3. The van der Waals surface area contributed by atoms with Gasteiger partial charge in [0.25, 0.3) is 0 Å². The SMILES string of the molecule is CCCCCCCCCCC(CCCCCCCC)CC(=O)OCCCCCCN(CCn1ccnc1C)CC(O)CC(C)CCCCCC(C)CCCC. The molecule has 0 aliphatic rings. The Bertz CT molecular complexity index is 967. The second-order valence-corrected chi connectivity index (χ2v) is 17.9. The maximum absolute atomic E-state index is 12.9. The number of aromatic nitrogens is 2. The summed E-state index contributed by atoms with van der Waals surface area (Å²) in [6.45, 7) is 17.8. The van der Waals surface area contributed by atoms with Crippen LogP contribution in [0.1, 0.15) is 233 Å². The molecule has 0 fully saturated rings. The first-order valence-electron chi connectivity index (χ1n) is 24.3. The highest BCUT2D eigenvalue weighted by molar-refractivity contribution is 5.69. The van der Waals surface area contributed by atoms with Gasteiger partial charge in [-0.15, -0.1) is 0 Å². The molecule has 0 bridgehead atoms. The van der Waals surface area contributed by atoms with E-state index in [9.17, 15) is 9.90 Å². The Kier molecular flexibility index (Phi) is 34.6. The summed E-state index contributed by atoms with van der Waals surface area (Å²) in [5.74, 6) is 2.99. The Hall–Kier alpha value is -1.40. The van der Waals surface area contributed by atoms with Crippen LogP contribution < -0.4 is 0 Å². The third-order valence-corrected chi connectivity index (χ3v) is 12.2. The van der Waals surface area contributed by atoms with Crippen LogP contribution in [0.4, 0.5) is 0 Å². The lowest BCUT2D eigenvalue weighted by Crippen LogP contribution is -2.36. The molecule has 0 spiro atoms. The lowest BCUT2D eigenvalue weighted by molar-refractivity contribution is -0.145. The minimum Gasteiger partial charge on any atom is -0.466 e. The number of hydrogen-bond donors (Lipinski definition) is 1. The van der Waals surface area contributed by atoms with E-state index in [-0.39, 0.29) is 12.1 Å². The Morgan fingerprint density at radius 3 is 1.78 bits per heavy atom. The van der Waals surface area contributed by atoms with Crippen LogP contribution in [0.3, 0.4) is 0 Å². The molecule has 0 saturated carbocycles. The van der Waals surface area contributed by atoms with Crippen LogP contribution in [0.2, 0.25) is 0 Å². The fourth-order valence-electron chi connectivity index (χ4n) is 8.40. The van der Waals surface area contributed by atoms with E-state index in [1.807, 2.05) is 6.20 Å². The number of hydrogen-bond acceptors (Lipinski definition) is 5. The molecule has 1 aromatic heterocycles. The summed E-state index contributed by atoms with van der Waals surface area (Å²) >= 11 is 0. The molecule has 1 N–H and O–H groups in total. The van der Waals surface area contributed by atoms with Crippen molar-refractivity contribution in [3.05, 3.63) is 18.2 Å². The van der Waals surface area contributed by atoms with Gasteiger partial charge < -0.3 is 14.4 Å². The highest BCUT2D eigenvalue weighted by Gasteiger charge is 2.17. The van der Waals surface area contributed by atoms with Gasteiger partial charge in [-0.3, -0.25) is 9.69 Å². The van der Waals surface area contributed by atoms with E-state index in [1.165, 1.54) is 154 Å². The Morgan fingerprint density at radius 1 is 0.673 bits per heavy atom. The molecule has 1 rings (SSSR count). The molecule has 0 saturated heterocycles. The fourth-order valence-corrected chi connectivity index (χ4v) is 8.40. The van der Waals surface area contributed by atoms with Crippen LogP contribution in [0.15, 0.2) is 12.4 Å². The number of aliphatic hydroxyl groups excluding tert-OH is 1. The summed E-state index contributed by atoms with van der Waals surface area (Å²) in [6.07, 6.45) is 41.0. The number of aryl methyl sites for hydroxylation is 1. The average Bonchev–Trinajstić information content (AvgIpc) is 3.58. The van der Waals surface area contributed by atoms with E-state index in [4.69, 9.17) is 4.74 Å². The molecule has 6 nitrogen and oxygen atoms in total. The smallest absolute Gasteiger partial charge is 0.306 e. The standard InChI is InChI=1S/C49H95N3O3/c1-7-10-13-15-17-18-20-27-34-47(33-26-19-16-14-11-8-2)42-49(54)55-40-29-22-21-28-36-51(38-39-52-37-35-50-46(52)6)43-48(53)41-45(5)32-25-23-24-31-44(4)30-12-9-3/h35,37,44-45,47-48,53H,7-34,36,38-43H2,1-6H3. The van der Waals surface area contributed by atoms with Crippen molar-refractivity contribution < 1.29 is 14.6 Å². The molecule has 0 aromatic carbocycles. The highest BCUT2D eigenvalue weighted by atomic mass is 16.5. The molecule has 4 atom stereocenters. The largest absolute Gasteiger partial charge is 0.466 e. The number of carbonyl (C=O) groups excluding carboxylic acids is 1. The number of aliphatic hydroxyl groups is 1. The highest BCUT2D eigenvalue weighted by Crippen LogP contribution is 2.24. The van der Waals surface area contributed by atoms with Crippen molar-refractivity contribution in [3.63, 3.8) is 0 Å². The summed E-state index contributed by atoms with van der Waals surface area (Å²) in [7, 11) is 0. The Morgan fingerprint density at radius 2 is 1.18 bits per heavy atom. The zero-order valence-electron chi connectivity index (χ0n) is 37.8. The zero-order chi connectivity index (χ0) is 40.2. The molecule has 1 aromatic rings. The van der Waals surface area contributed by atoms with E-state index in [0.717, 1.165) is 70.0 Å². The van der Waals surface area contributed by atoms with Gasteiger partial charge in [-0.25, -0.2) is 4.98 Å². The summed E-state index contributed by atoms with van der Waals surface area (Å²) in [5, 5.41) is 11.1. The van der Waals surface area contributed by atoms with Gasteiger partial charge in [0.1, 0.15) is 5.82 Å². The lowest BCUT2D eigenvalue weighted by Gasteiger charge is -2.27. The van der Waals surface area contributed by atoms with Crippen molar-refractivity contribution in [2.45, 2.75) is 247 Å². The molecular weight excluding hydrogens is 679 g/mol. The predicted molar refractivity (Wildman–Crippen MR) is 238 cm³/mol. The van der Waals surface area contributed by atoms with E-state index < -0.39 is 0 Å². The van der Waals surface area contributed by atoms with Gasteiger partial charge in [0, 0.05) is 38.4 Å². The molecule has 0 amide bonds. The first kappa shape index (κ1) is 51.6. The lowest BCUT2D eigenvalue weighted by atomic mass is 9.91. The number of esters is 1. The normalized spacial score (nSPS) is 14.0. The first-order valence-corrected chi connectivity index (χ1v) is 24.3. The average molecular weight is 774 g/mol. The molecule has 55 heavy (non-hydrogen) atoms. The third-order valence-electron chi connectivity index (χ3n) is 12.2. The number of carbonyl (C=O) groups is 1. The van der Waals surface area contributed by atoms with Crippen LogP contribution in [0.5, 0.6) is 0 Å². The van der Waals surface area contributed by atoms with E-state index >= 15 is 0 Å². The molecule has 1 heterocycles. The summed E-state index contributed by atoms with van der Waals surface area (Å²) < 4.78 is 8.01. The van der Waals surface area contributed by atoms with Crippen molar-refractivity contribution in [2.75, 3.05) is 26.2 Å². The molecule has 6 heteroatoms. The Balaban J connectivity index is 2.39. The maximum atomic E-state index is 12.9. The molecule has 324 valence electrons. The second-order valence-electron chi connectivity index (χ2n) is 17.9. The number of unbranched alkanes of at least 4 members (excludes halogenated alkanes) is 18. The summed E-state index contributed by atoms with van der Waals surface area (Å²) in [4.78, 5) is 19.8. The summed E-state index contributed by atoms with van der Waals surface area (Å²) in [5.41, 5.74) is 0. The van der Waals surface area contributed by atoms with Crippen molar-refractivity contribution in [1.29, 1.82) is 0 Å². The first-order chi connectivity index (χ1) is 26.8. The number of rotatable bonds is 41. The molecule has 4 unspecified atom stereocenters. The van der Waals surface area contributed by atoms with Gasteiger partial charge in [-0.05, 0) is 63.3 Å². The van der Waals surface area contributed by atoms with Gasteiger partial charge in [0.2, 0.25) is 0 Å². The quantitative estimate of drug-likeness (QED) is 0.0530. The fraction of sp³-hybridized carbons (Fsp3) is 0.918. The third kappa shape index (κ3) is 31.3. The van der Waals surface area contributed by atoms with Crippen LogP contribution >= 0.6 is 0 Å².